The molecule has 0 atom stereocenters. The molecule has 4 aromatic rings. The number of pyridine rings is 2. The van der Waals surface area contributed by atoms with Crippen LogP contribution in [0, 0.1) is 0 Å². The minimum Gasteiger partial charge on any atom is -0.655 e. The SMILES string of the molecule is C1=NCCN(Cc2ccccn2)CCN=Cc2ccc([n-]2)C=NCCN(Cc2ccccn2)CCN=Cc2ccc1[n-]2.[Ag+].[Ag+]. The third-order valence-electron chi connectivity index (χ3n) is 6.67. The molecule has 0 saturated heterocycles. The second kappa shape index (κ2) is 20.1. The van der Waals surface area contributed by atoms with Gasteiger partial charge in [-0.05, 0) is 24.3 Å². The molecule has 5 heterocycles. The van der Waals surface area contributed by atoms with Crippen molar-refractivity contribution in [3.63, 3.8) is 0 Å². The Kier molecular flexibility index (Phi) is 16.2. The quantitative estimate of drug-likeness (QED) is 0.295. The second-order valence-electron chi connectivity index (χ2n) is 9.93. The Morgan fingerprint density at radius 3 is 1.11 bits per heavy atom. The third-order valence-corrected chi connectivity index (χ3v) is 6.67. The molecule has 5 rings (SSSR count). The minimum absolute atomic E-state index is 0. The van der Waals surface area contributed by atoms with Gasteiger partial charge in [0.25, 0.3) is 0 Å². The van der Waals surface area contributed by atoms with Crippen LogP contribution in [0.15, 0.2) is 93.0 Å². The molecule has 0 aliphatic carbocycles. The van der Waals surface area contributed by atoms with Gasteiger partial charge in [0.15, 0.2) is 0 Å². The standard InChI is InChI=1S/C32H36N10.2Ag/c1-3-11-37-31(5-1)25-41-17-13-33-21-27-7-9-29(39-27)23-35-15-19-42(26-32-6-2-4-12-38-32)20-16-36-24-30-10-8-28(40-30)22-34-14-18-41;;/h1-12,21-24H,13-20,25-26H2;;/q-2;2*+1. The largest absolute Gasteiger partial charge is 1.00 e. The average Bonchev–Trinajstić information content (AvgIpc) is 3.67. The van der Waals surface area contributed by atoms with E-state index in [0.717, 1.165) is 73.4 Å². The molecule has 1 aliphatic heterocycles. The van der Waals surface area contributed by atoms with Gasteiger partial charge in [0.2, 0.25) is 0 Å². The van der Waals surface area contributed by atoms with Crippen LogP contribution < -0.4 is 9.97 Å². The Morgan fingerprint density at radius 2 is 0.818 bits per heavy atom. The molecule has 0 unspecified atom stereocenters. The Bertz CT molecular complexity index is 1290. The predicted molar refractivity (Wildman–Crippen MR) is 168 cm³/mol. The van der Waals surface area contributed by atoms with Crippen LogP contribution in [0.4, 0.5) is 0 Å². The molecule has 10 nitrogen and oxygen atoms in total. The van der Waals surface area contributed by atoms with Gasteiger partial charge in [0.05, 0.1) is 37.6 Å². The summed E-state index contributed by atoms with van der Waals surface area (Å²) in [7, 11) is 0. The van der Waals surface area contributed by atoms with E-state index in [-0.39, 0.29) is 44.8 Å². The summed E-state index contributed by atoms with van der Waals surface area (Å²) < 4.78 is 0. The van der Waals surface area contributed by atoms with Crippen LogP contribution in [-0.2, 0) is 57.9 Å². The van der Waals surface area contributed by atoms with Crippen LogP contribution in [0.3, 0.4) is 0 Å². The molecule has 0 amide bonds. The molecule has 0 fully saturated rings. The summed E-state index contributed by atoms with van der Waals surface area (Å²) in [5, 5.41) is 0. The normalized spacial score (nSPS) is 15.6. The van der Waals surface area contributed by atoms with Gasteiger partial charge in [-0.1, -0.05) is 36.4 Å². The maximum Gasteiger partial charge on any atom is 1.00 e. The van der Waals surface area contributed by atoms with E-state index < -0.39 is 0 Å². The van der Waals surface area contributed by atoms with E-state index in [4.69, 9.17) is 0 Å². The zero-order valence-electron chi connectivity index (χ0n) is 24.4. The van der Waals surface area contributed by atoms with Crippen molar-refractivity contribution in [3.8, 4) is 0 Å². The molecular formula is C32H36Ag2N10. The molecule has 236 valence electrons. The minimum atomic E-state index is 0. The summed E-state index contributed by atoms with van der Waals surface area (Å²) in [6.07, 6.45) is 11.0. The average molecular weight is 776 g/mol. The number of aliphatic imine (C=N–C) groups is 4. The Hall–Kier alpha value is -3.06. The summed E-state index contributed by atoms with van der Waals surface area (Å²) in [6.45, 7) is 7.30. The van der Waals surface area contributed by atoms with Gasteiger partial charge in [-0.25, -0.2) is 0 Å². The zero-order chi connectivity index (χ0) is 28.7. The molecular weight excluding hydrogens is 740 g/mol. The summed E-state index contributed by atoms with van der Waals surface area (Å²) in [5.41, 5.74) is 5.40. The van der Waals surface area contributed by atoms with Crippen LogP contribution in [0.25, 0.3) is 0 Å². The molecule has 12 heteroatoms. The van der Waals surface area contributed by atoms with E-state index in [0.29, 0.717) is 26.2 Å². The zero-order valence-corrected chi connectivity index (χ0v) is 27.3. The number of nitrogens with zero attached hydrogens (tertiary/aromatic N) is 10. The number of hydrogen-bond donors (Lipinski definition) is 0. The van der Waals surface area contributed by atoms with E-state index >= 15 is 0 Å². The van der Waals surface area contributed by atoms with Crippen molar-refractivity contribution >= 4 is 24.9 Å². The Morgan fingerprint density at radius 1 is 0.477 bits per heavy atom. The monoisotopic (exact) mass is 774 g/mol. The van der Waals surface area contributed by atoms with Crippen LogP contribution in [0.2, 0.25) is 0 Å². The Balaban J connectivity index is 0.00000264. The third kappa shape index (κ3) is 12.5. The van der Waals surface area contributed by atoms with Gasteiger partial charge in [-0.15, -0.1) is 22.8 Å². The summed E-state index contributed by atoms with van der Waals surface area (Å²) in [5.74, 6) is 0. The van der Waals surface area contributed by atoms with Crippen molar-refractivity contribution < 1.29 is 44.8 Å². The van der Waals surface area contributed by atoms with Crippen molar-refractivity contribution in [3.05, 3.63) is 107 Å². The number of aromatic nitrogens is 4. The summed E-state index contributed by atoms with van der Waals surface area (Å²) in [6, 6.07) is 19.9. The van der Waals surface area contributed by atoms with Crippen LogP contribution in [-0.4, -0.2) is 97.0 Å². The molecule has 0 saturated carbocycles. The molecule has 0 N–H and O–H groups in total. The second-order valence-corrected chi connectivity index (χ2v) is 9.93. The van der Waals surface area contributed by atoms with Crippen molar-refractivity contribution in [1.29, 1.82) is 0 Å². The molecule has 0 radical (unpaired) electrons. The molecule has 4 aromatic heterocycles. The first kappa shape index (κ1) is 35.4. The van der Waals surface area contributed by atoms with Gasteiger partial charge in [-0.2, -0.15) is 0 Å². The Labute approximate surface area is 290 Å². The van der Waals surface area contributed by atoms with Gasteiger partial charge in [0.1, 0.15) is 0 Å². The van der Waals surface area contributed by atoms with Crippen molar-refractivity contribution in [2.75, 3.05) is 52.4 Å². The van der Waals surface area contributed by atoms with Gasteiger partial charge < -0.3 is 9.97 Å². The van der Waals surface area contributed by atoms with Crippen LogP contribution >= 0.6 is 0 Å². The van der Waals surface area contributed by atoms with E-state index in [1.807, 2.05) is 97.9 Å². The van der Waals surface area contributed by atoms with Gasteiger partial charge in [-0.3, -0.25) is 39.7 Å². The number of hydrogen-bond acceptors (Lipinski definition) is 8. The van der Waals surface area contributed by atoms with E-state index in [1.54, 1.807) is 0 Å². The van der Waals surface area contributed by atoms with E-state index in [2.05, 4.69) is 49.7 Å². The molecule has 0 aromatic carbocycles. The summed E-state index contributed by atoms with van der Waals surface area (Å²) in [4.78, 5) is 41.4. The van der Waals surface area contributed by atoms with Crippen molar-refractivity contribution in [2.45, 2.75) is 13.1 Å². The van der Waals surface area contributed by atoms with Crippen molar-refractivity contribution in [1.82, 2.24) is 29.7 Å². The molecule has 44 heavy (non-hydrogen) atoms. The molecule has 4 bridgehead atoms. The number of rotatable bonds is 4. The summed E-state index contributed by atoms with van der Waals surface area (Å²) >= 11 is 0. The van der Waals surface area contributed by atoms with Gasteiger partial charge in [0, 0.05) is 76.5 Å². The van der Waals surface area contributed by atoms with Crippen LogP contribution in [0.5, 0.6) is 0 Å². The first-order valence-corrected chi connectivity index (χ1v) is 14.3. The topological polar surface area (TPSA) is 110 Å². The first-order chi connectivity index (χ1) is 20.8. The fraction of sp³-hybridized carbons (Fsp3) is 0.312. The predicted octanol–water partition coefficient (Wildman–Crippen LogP) is 2.78. The number of fused-ring (bicyclic) bond motifs is 4. The maximum absolute atomic E-state index is 4.63. The first-order valence-electron chi connectivity index (χ1n) is 14.3. The van der Waals surface area contributed by atoms with Crippen molar-refractivity contribution in [2.24, 2.45) is 20.0 Å². The smallest absolute Gasteiger partial charge is 0.655 e. The molecule has 1 aliphatic rings. The van der Waals surface area contributed by atoms with Crippen LogP contribution in [0.1, 0.15) is 34.2 Å². The fourth-order valence-electron chi connectivity index (χ4n) is 4.49. The fourth-order valence-corrected chi connectivity index (χ4v) is 4.49. The van der Waals surface area contributed by atoms with E-state index in [1.165, 1.54) is 0 Å². The maximum atomic E-state index is 4.63. The molecule has 0 spiro atoms. The van der Waals surface area contributed by atoms with Gasteiger partial charge >= 0.3 is 44.8 Å². The van der Waals surface area contributed by atoms with E-state index in [9.17, 15) is 0 Å².